The fourth-order valence-electron chi connectivity index (χ4n) is 4.58. The number of benzene rings is 1. The summed E-state index contributed by atoms with van der Waals surface area (Å²) >= 11 is 0. The number of H-pyrrole nitrogens is 1. The lowest BCUT2D eigenvalue weighted by Gasteiger charge is -2.29. The minimum Gasteiger partial charge on any atom is -0.480 e. The number of nitrogens with zero attached hydrogens (tertiary/aromatic N) is 1. The molecule has 206 valence electrons. The van der Waals surface area contributed by atoms with Gasteiger partial charge in [0.15, 0.2) is 6.04 Å². The third-order valence-corrected chi connectivity index (χ3v) is 6.64. The van der Waals surface area contributed by atoms with Crippen molar-refractivity contribution in [1.29, 1.82) is 0 Å². The van der Waals surface area contributed by atoms with Crippen LogP contribution in [0.5, 0.6) is 0 Å². The standard InChI is InChI=1S/C25H34N6O7/c1-13(32)21(25(37)38)30-22(34)18(11-14-12-28-17-6-3-2-5-15(14)17)29-23(35)19-7-4-10-31(19)24(36)16(26)8-9-20(27)33/h2-3,5-6,12-13,16,18-19,21,28,32H,4,7-11,26H2,1H3,(H2,27,33)(H,29,35)(H,30,34)(H,37,38). The molecule has 0 aliphatic carbocycles. The second-order valence-electron chi connectivity index (χ2n) is 9.49. The third kappa shape index (κ3) is 6.86. The molecule has 0 spiro atoms. The largest absolute Gasteiger partial charge is 0.480 e. The van der Waals surface area contributed by atoms with E-state index in [0.717, 1.165) is 10.9 Å². The highest BCUT2D eigenvalue weighted by molar-refractivity contribution is 5.95. The van der Waals surface area contributed by atoms with E-state index in [1.165, 1.54) is 11.8 Å². The fourth-order valence-corrected chi connectivity index (χ4v) is 4.58. The molecule has 13 heteroatoms. The number of carboxylic acid groups (broad SMARTS) is 1. The number of aromatic nitrogens is 1. The van der Waals surface area contributed by atoms with E-state index >= 15 is 0 Å². The molecule has 2 aromatic rings. The Morgan fingerprint density at radius 3 is 2.55 bits per heavy atom. The Kier molecular flexibility index (Phi) is 9.42. The van der Waals surface area contributed by atoms with Gasteiger partial charge in [0.25, 0.3) is 0 Å². The molecule has 1 aliphatic rings. The molecule has 4 amide bonds. The van der Waals surface area contributed by atoms with Crippen molar-refractivity contribution in [2.24, 2.45) is 11.5 Å². The number of aliphatic hydroxyl groups excluding tert-OH is 1. The maximum absolute atomic E-state index is 13.3. The second kappa shape index (κ2) is 12.5. The number of aromatic amines is 1. The van der Waals surface area contributed by atoms with Crippen LogP contribution in [-0.4, -0.2) is 86.5 Å². The zero-order valence-electron chi connectivity index (χ0n) is 21.1. The van der Waals surface area contributed by atoms with Crippen molar-refractivity contribution in [3.63, 3.8) is 0 Å². The highest BCUT2D eigenvalue weighted by Gasteiger charge is 2.38. The highest BCUT2D eigenvalue weighted by atomic mass is 16.4. The zero-order valence-corrected chi connectivity index (χ0v) is 21.1. The molecule has 1 aliphatic heterocycles. The number of aliphatic carboxylic acids is 1. The molecule has 5 unspecified atom stereocenters. The molecule has 0 saturated carbocycles. The van der Waals surface area contributed by atoms with Gasteiger partial charge >= 0.3 is 5.97 Å². The molecular weight excluding hydrogens is 496 g/mol. The Hall–Kier alpha value is -3.97. The topological polar surface area (TPSA) is 221 Å². The van der Waals surface area contributed by atoms with E-state index in [4.69, 9.17) is 11.5 Å². The summed E-state index contributed by atoms with van der Waals surface area (Å²) < 4.78 is 0. The van der Waals surface area contributed by atoms with Gasteiger partial charge in [-0.05, 0) is 37.8 Å². The Balaban J connectivity index is 1.81. The quantitative estimate of drug-likeness (QED) is 0.175. The highest BCUT2D eigenvalue weighted by Crippen LogP contribution is 2.22. The fraction of sp³-hybridized carbons (Fsp3) is 0.480. The van der Waals surface area contributed by atoms with Crippen LogP contribution in [-0.2, 0) is 30.4 Å². The molecular formula is C25H34N6O7. The molecule has 2 heterocycles. The molecule has 1 fully saturated rings. The number of hydrogen-bond donors (Lipinski definition) is 7. The number of carboxylic acids is 1. The molecule has 3 rings (SSSR count). The van der Waals surface area contributed by atoms with E-state index in [2.05, 4.69) is 15.6 Å². The summed E-state index contributed by atoms with van der Waals surface area (Å²) in [7, 11) is 0. The number of likely N-dealkylation sites (tertiary alicyclic amines) is 1. The van der Waals surface area contributed by atoms with Crippen molar-refractivity contribution in [3.8, 4) is 0 Å². The van der Waals surface area contributed by atoms with Gasteiger partial charge in [0, 0.05) is 36.5 Å². The maximum atomic E-state index is 13.3. The first-order chi connectivity index (χ1) is 18.0. The van der Waals surface area contributed by atoms with Crippen LogP contribution in [0.1, 0.15) is 38.2 Å². The number of amides is 4. The van der Waals surface area contributed by atoms with Crippen molar-refractivity contribution in [1.82, 2.24) is 20.5 Å². The van der Waals surface area contributed by atoms with Crippen LogP contribution in [0.3, 0.4) is 0 Å². The van der Waals surface area contributed by atoms with Gasteiger partial charge in [-0.3, -0.25) is 19.2 Å². The number of fused-ring (bicyclic) bond motifs is 1. The summed E-state index contributed by atoms with van der Waals surface area (Å²) in [5, 5.41) is 25.0. The Bertz CT molecular complexity index is 1200. The molecule has 1 aromatic heterocycles. The summed E-state index contributed by atoms with van der Waals surface area (Å²) in [5.41, 5.74) is 12.6. The van der Waals surface area contributed by atoms with E-state index in [1.807, 2.05) is 24.3 Å². The van der Waals surface area contributed by atoms with Crippen molar-refractivity contribution in [2.75, 3.05) is 6.54 Å². The van der Waals surface area contributed by atoms with Crippen LogP contribution in [0.2, 0.25) is 0 Å². The van der Waals surface area contributed by atoms with Crippen LogP contribution in [0, 0.1) is 0 Å². The van der Waals surface area contributed by atoms with E-state index in [1.54, 1.807) is 6.20 Å². The third-order valence-electron chi connectivity index (χ3n) is 6.64. The summed E-state index contributed by atoms with van der Waals surface area (Å²) in [6.45, 7) is 1.51. The monoisotopic (exact) mass is 530 g/mol. The van der Waals surface area contributed by atoms with Gasteiger partial charge in [-0.25, -0.2) is 4.79 Å². The molecule has 5 atom stereocenters. The lowest BCUT2D eigenvalue weighted by atomic mass is 10.0. The number of carbonyl (C=O) groups excluding carboxylic acids is 4. The number of para-hydroxylation sites is 1. The predicted octanol–water partition coefficient (Wildman–Crippen LogP) is -1.27. The Morgan fingerprint density at radius 2 is 1.89 bits per heavy atom. The number of nitrogens with one attached hydrogen (secondary N) is 3. The van der Waals surface area contributed by atoms with Crippen molar-refractivity contribution in [2.45, 2.75) is 69.3 Å². The van der Waals surface area contributed by atoms with Crippen LogP contribution < -0.4 is 22.1 Å². The number of rotatable bonds is 12. The van der Waals surface area contributed by atoms with Crippen LogP contribution >= 0.6 is 0 Å². The zero-order chi connectivity index (χ0) is 28.0. The first-order valence-electron chi connectivity index (χ1n) is 12.4. The lowest BCUT2D eigenvalue weighted by Crippen LogP contribution is -2.58. The Morgan fingerprint density at radius 1 is 1.18 bits per heavy atom. The summed E-state index contributed by atoms with van der Waals surface area (Å²) in [4.78, 5) is 66.4. The van der Waals surface area contributed by atoms with Crippen molar-refractivity contribution < 1.29 is 34.2 Å². The Labute approximate surface area is 218 Å². The lowest BCUT2D eigenvalue weighted by molar-refractivity contribution is -0.145. The molecule has 1 aromatic carbocycles. The number of aliphatic hydroxyl groups is 1. The number of nitrogens with two attached hydrogens (primary N) is 2. The molecule has 0 bridgehead atoms. The summed E-state index contributed by atoms with van der Waals surface area (Å²) in [6, 6.07) is 2.67. The average molecular weight is 531 g/mol. The normalized spacial score (nSPS) is 18.4. The minimum absolute atomic E-state index is 0.0204. The minimum atomic E-state index is -1.59. The maximum Gasteiger partial charge on any atom is 0.328 e. The molecule has 0 radical (unpaired) electrons. The summed E-state index contributed by atoms with van der Waals surface area (Å²) in [5.74, 6) is -3.91. The van der Waals surface area contributed by atoms with E-state index < -0.39 is 59.9 Å². The number of primary amides is 1. The van der Waals surface area contributed by atoms with Gasteiger partial charge in [0.2, 0.25) is 23.6 Å². The number of carbonyl (C=O) groups is 5. The van der Waals surface area contributed by atoms with Crippen LogP contribution in [0.15, 0.2) is 30.5 Å². The van der Waals surface area contributed by atoms with Gasteiger partial charge in [-0.2, -0.15) is 0 Å². The SMILES string of the molecule is CC(O)C(NC(=O)C(Cc1c[nH]c2ccccc12)NC(=O)C1CCCN1C(=O)C(N)CCC(N)=O)C(=O)O. The van der Waals surface area contributed by atoms with Crippen LogP contribution in [0.25, 0.3) is 10.9 Å². The van der Waals surface area contributed by atoms with Crippen molar-refractivity contribution in [3.05, 3.63) is 36.0 Å². The first kappa shape index (κ1) is 28.6. The van der Waals surface area contributed by atoms with E-state index in [9.17, 15) is 34.2 Å². The second-order valence-corrected chi connectivity index (χ2v) is 9.49. The molecule has 1 saturated heterocycles. The van der Waals surface area contributed by atoms with Gasteiger partial charge in [0.1, 0.15) is 12.1 Å². The van der Waals surface area contributed by atoms with Gasteiger partial charge in [-0.15, -0.1) is 0 Å². The average Bonchev–Trinajstić information content (AvgIpc) is 3.52. The molecule has 13 nitrogen and oxygen atoms in total. The smallest absolute Gasteiger partial charge is 0.328 e. The summed E-state index contributed by atoms with van der Waals surface area (Å²) in [6.07, 6.45) is 1.18. The predicted molar refractivity (Wildman–Crippen MR) is 136 cm³/mol. The van der Waals surface area contributed by atoms with Gasteiger partial charge in [0.05, 0.1) is 12.1 Å². The number of hydrogen-bond acceptors (Lipinski definition) is 7. The van der Waals surface area contributed by atoms with Crippen LogP contribution in [0.4, 0.5) is 0 Å². The van der Waals surface area contributed by atoms with E-state index in [0.29, 0.717) is 18.4 Å². The first-order valence-corrected chi connectivity index (χ1v) is 12.4. The van der Waals surface area contributed by atoms with Crippen molar-refractivity contribution >= 4 is 40.5 Å². The van der Waals surface area contributed by atoms with E-state index in [-0.39, 0.29) is 25.8 Å². The molecule has 38 heavy (non-hydrogen) atoms. The van der Waals surface area contributed by atoms with Gasteiger partial charge in [-0.1, -0.05) is 18.2 Å². The molecule has 9 N–H and O–H groups in total. The van der Waals surface area contributed by atoms with Gasteiger partial charge < -0.3 is 42.2 Å².